The Kier molecular flexibility index (Phi) is 3.20. The Labute approximate surface area is 77.5 Å². The van der Waals surface area contributed by atoms with Gasteiger partial charge in [-0.15, -0.1) is 6.58 Å². The maximum Gasteiger partial charge on any atom is 0.253 e. The SMILES string of the molecule is C=CCNC(=O)c1cnccc1C. The fourth-order valence-corrected chi connectivity index (χ4v) is 0.962. The molecule has 1 N–H and O–H groups in total. The van der Waals surface area contributed by atoms with Gasteiger partial charge in [-0.2, -0.15) is 0 Å². The number of pyridine rings is 1. The van der Waals surface area contributed by atoms with Gasteiger partial charge in [-0.3, -0.25) is 9.78 Å². The van der Waals surface area contributed by atoms with Gasteiger partial charge in [0, 0.05) is 18.9 Å². The zero-order chi connectivity index (χ0) is 9.68. The number of hydrogen-bond acceptors (Lipinski definition) is 2. The Hall–Kier alpha value is -1.64. The Bertz CT molecular complexity index is 320. The van der Waals surface area contributed by atoms with E-state index in [4.69, 9.17) is 0 Å². The van der Waals surface area contributed by atoms with Crippen LogP contribution < -0.4 is 5.32 Å². The van der Waals surface area contributed by atoms with E-state index < -0.39 is 0 Å². The van der Waals surface area contributed by atoms with Crippen LogP contribution in [0.4, 0.5) is 0 Å². The lowest BCUT2D eigenvalue weighted by molar-refractivity contribution is 0.0957. The minimum Gasteiger partial charge on any atom is -0.349 e. The summed E-state index contributed by atoms with van der Waals surface area (Å²) in [5.41, 5.74) is 1.54. The van der Waals surface area contributed by atoms with Gasteiger partial charge in [0.05, 0.1) is 5.56 Å². The second kappa shape index (κ2) is 4.40. The molecule has 0 aliphatic rings. The highest BCUT2D eigenvalue weighted by molar-refractivity contribution is 5.95. The molecule has 0 saturated carbocycles. The van der Waals surface area contributed by atoms with E-state index >= 15 is 0 Å². The molecule has 0 aliphatic carbocycles. The normalized spacial score (nSPS) is 9.31. The summed E-state index contributed by atoms with van der Waals surface area (Å²) in [6.45, 7) is 5.88. The number of hydrogen-bond donors (Lipinski definition) is 1. The maximum absolute atomic E-state index is 11.4. The van der Waals surface area contributed by atoms with E-state index in [1.807, 2.05) is 13.0 Å². The molecule has 0 saturated heterocycles. The van der Waals surface area contributed by atoms with E-state index in [0.717, 1.165) is 5.56 Å². The molecule has 1 heterocycles. The van der Waals surface area contributed by atoms with Crippen molar-refractivity contribution in [2.24, 2.45) is 0 Å². The monoisotopic (exact) mass is 176 g/mol. The molecule has 0 fully saturated rings. The van der Waals surface area contributed by atoms with Gasteiger partial charge in [0.15, 0.2) is 0 Å². The number of aryl methyl sites for hydroxylation is 1. The van der Waals surface area contributed by atoms with Crippen LogP contribution in [0, 0.1) is 6.92 Å². The van der Waals surface area contributed by atoms with Crippen molar-refractivity contribution in [2.75, 3.05) is 6.54 Å². The molecule has 0 bridgehead atoms. The fourth-order valence-electron chi connectivity index (χ4n) is 0.962. The first-order valence-electron chi connectivity index (χ1n) is 4.05. The summed E-state index contributed by atoms with van der Waals surface area (Å²) in [7, 11) is 0. The molecule has 68 valence electrons. The standard InChI is InChI=1S/C10H12N2O/c1-3-5-12-10(13)9-7-11-6-4-8(9)2/h3-4,6-7H,1,5H2,2H3,(H,12,13). The largest absolute Gasteiger partial charge is 0.349 e. The fraction of sp³-hybridized carbons (Fsp3) is 0.200. The minimum atomic E-state index is -0.106. The predicted octanol–water partition coefficient (Wildman–Crippen LogP) is 1.31. The molecule has 0 radical (unpaired) electrons. The predicted molar refractivity (Wildman–Crippen MR) is 51.5 cm³/mol. The van der Waals surface area contributed by atoms with Crippen molar-refractivity contribution in [2.45, 2.75) is 6.92 Å². The first-order chi connectivity index (χ1) is 6.25. The molecule has 0 aromatic carbocycles. The summed E-state index contributed by atoms with van der Waals surface area (Å²) in [5.74, 6) is -0.106. The van der Waals surface area contributed by atoms with Crippen LogP contribution in [0.5, 0.6) is 0 Å². The van der Waals surface area contributed by atoms with Gasteiger partial charge in [0.1, 0.15) is 0 Å². The van der Waals surface area contributed by atoms with Crippen LogP contribution in [0.3, 0.4) is 0 Å². The van der Waals surface area contributed by atoms with Gasteiger partial charge < -0.3 is 5.32 Å². The number of rotatable bonds is 3. The van der Waals surface area contributed by atoms with Crippen LogP contribution in [-0.4, -0.2) is 17.4 Å². The third kappa shape index (κ3) is 2.40. The van der Waals surface area contributed by atoms with Crippen molar-refractivity contribution in [1.29, 1.82) is 0 Å². The smallest absolute Gasteiger partial charge is 0.253 e. The van der Waals surface area contributed by atoms with Gasteiger partial charge in [0.2, 0.25) is 0 Å². The zero-order valence-electron chi connectivity index (χ0n) is 7.58. The molecular weight excluding hydrogens is 164 g/mol. The van der Waals surface area contributed by atoms with Gasteiger partial charge >= 0.3 is 0 Å². The highest BCUT2D eigenvalue weighted by Gasteiger charge is 2.06. The van der Waals surface area contributed by atoms with Crippen molar-refractivity contribution >= 4 is 5.91 Å². The maximum atomic E-state index is 11.4. The van der Waals surface area contributed by atoms with Gasteiger partial charge in [-0.1, -0.05) is 6.08 Å². The Morgan fingerprint density at radius 3 is 3.15 bits per heavy atom. The Balaban J connectivity index is 2.76. The molecule has 13 heavy (non-hydrogen) atoms. The summed E-state index contributed by atoms with van der Waals surface area (Å²) in [6.07, 6.45) is 4.87. The first-order valence-corrected chi connectivity index (χ1v) is 4.05. The van der Waals surface area contributed by atoms with Crippen LogP contribution in [0.2, 0.25) is 0 Å². The molecule has 1 aromatic heterocycles. The lowest BCUT2D eigenvalue weighted by Gasteiger charge is -2.03. The molecule has 0 atom stereocenters. The van der Waals surface area contributed by atoms with Gasteiger partial charge in [0.25, 0.3) is 5.91 Å². The van der Waals surface area contributed by atoms with Gasteiger partial charge in [-0.25, -0.2) is 0 Å². The van der Waals surface area contributed by atoms with E-state index in [2.05, 4.69) is 16.9 Å². The van der Waals surface area contributed by atoms with E-state index in [1.165, 1.54) is 0 Å². The van der Waals surface area contributed by atoms with E-state index in [-0.39, 0.29) is 5.91 Å². The zero-order valence-corrected chi connectivity index (χ0v) is 7.58. The summed E-state index contributed by atoms with van der Waals surface area (Å²) < 4.78 is 0. The lowest BCUT2D eigenvalue weighted by atomic mass is 10.1. The molecule has 3 heteroatoms. The van der Waals surface area contributed by atoms with Crippen LogP contribution in [0.15, 0.2) is 31.1 Å². The number of nitrogens with zero attached hydrogens (tertiary/aromatic N) is 1. The van der Waals surface area contributed by atoms with E-state index in [0.29, 0.717) is 12.1 Å². The number of aromatic nitrogens is 1. The number of nitrogens with one attached hydrogen (secondary N) is 1. The van der Waals surface area contributed by atoms with E-state index in [1.54, 1.807) is 18.5 Å². The molecule has 3 nitrogen and oxygen atoms in total. The average molecular weight is 176 g/mol. The quantitative estimate of drug-likeness (QED) is 0.705. The van der Waals surface area contributed by atoms with Crippen molar-refractivity contribution in [1.82, 2.24) is 10.3 Å². The van der Waals surface area contributed by atoms with Crippen molar-refractivity contribution in [3.8, 4) is 0 Å². The first kappa shape index (κ1) is 9.45. The second-order valence-corrected chi connectivity index (χ2v) is 2.69. The molecule has 1 amide bonds. The highest BCUT2D eigenvalue weighted by Crippen LogP contribution is 2.03. The second-order valence-electron chi connectivity index (χ2n) is 2.69. The number of amides is 1. The minimum absolute atomic E-state index is 0.106. The van der Waals surface area contributed by atoms with Gasteiger partial charge in [-0.05, 0) is 18.6 Å². The third-order valence-corrected chi connectivity index (χ3v) is 1.69. The molecule has 0 spiro atoms. The summed E-state index contributed by atoms with van der Waals surface area (Å²) in [5, 5.41) is 2.69. The summed E-state index contributed by atoms with van der Waals surface area (Å²) >= 11 is 0. The Morgan fingerprint density at radius 1 is 1.77 bits per heavy atom. The topological polar surface area (TPSA) is 42.0 Å². The molecule has 1 rings (SSSR count). The molecule has 0 unspecified atom stereocenters. The molecule has 1 aromatic rings. The third-order valence-electron chi connectivity index (χ3n) is 1.69. The molecular formula is C10H12N2O. The van der Waals surface area contributed by atoms with E-state index in [9.17, 15) is 4.79 Å². The van der Waals surface area contributed by atoms with Crippen LogP contribution in [0.25, 0.3) is 0 Å². The van der Waals surface area contributed by atoms with Crippen LogP contribution >= 0.6 is 0 Å². The number of carbonyl (C=O) groups excluding carboxylic acids is 1. The highest BCUT2D eigenvalue weighted by atomic mass is 16.1. The lowest BCUT2D eigenvalue weighted by Crippen LogP contribution is -2.24. The van der Waals surface area contributed by atoms with Crippen molar-refractivity contribution in [3.63, 3.8) is 0 Å². The van der Waals surface area contributed by atoms with Crippen molar-refractivity contribution in [3.05, 3.63) is 42.2 Å². The summed E-state index contributed by atoms with van der Waals surface area (Å²) in [6, 6.07) is 1.81. The van der Waals surface area contributed by atoms with Crippen molar-refractivity contribution < 1.29 is 4.79 Å². The van der Waals surface area contributed by atoms with Crippen LogP contribution in [0.1, 0.15) is 15.9 Å². The van der Waals surface area contributed by atoms with Crippen LogP contribution in [-0.2, 0) is 0 Å². The number of carbonyl (C=O) groups is 1. The molecule has 0 aliphatic heterocycles. The Morgan fingerprint density at radius 2 is 2.54 bits per heavy atom. The average Bonchev–Trinajstić information content (AvgIpc) is 2.15. The summed E-state index contributed by atoms with van der Waals surface area (Å²) in [4.78, 5) is 15.3.